The Balaban J connectivity index is 1.96. The quantitative estimate of drug-likeness (QED) is 0.839. The van der Waals surface area contributed by atoms with Crippen LogP contribution in [-0.4, -0.2) is 52.0 Å². The third kappa shape index (κ3) is 5.50. The second kappa shape index (κ2) is 8.14. The SMILES string of the molecule is CCN(CC)Cc1nc(C2(O)CCN(C(=O)CC(C)(C)C)CC2)cs1. The van der Waals surface area contributed by atoms with Gasteiger partial charge in [0.05, 0.1) is 12.2 Å². The molecule has 0 saturated carbocycles. The Morgan fingerprint density at radius 2 is 1.92 bits per heavy atom. The predicted octanol–water partition coefficient (Wildman–Crippen LogP) is 3.23. The molecule has 0 spiro atoms. The zero-order valence-corrected chi connectivity index (χ0v) is 17.2. The summed E-state index contributed by atoms with van der Waals surface area (Å²) in [6, 6.07) is 0. The van der Waals surface area contributed by atoms with Crippen LogP contribution in [0.4, 0.5) is 0 Å². The van der Waals surface area contributed by atoms with Gasteiger partial charge in [-0.25, -0.2) is 4.98 Å². The second-order valence-electron chi connectivity index (χ2n) is 8.24. The lowest BCUT2D eigenvalue weighted by molar-refractivity contribution is -0.137. The van der Waals surface area contributed by atoms with E-state index >= 15 is 0 Å². The average molecular weight is 368 g/mol. The number of amides is 1. The molecule has 6 heteroatoms. The van der Waals surface area contributed by atoms with Crippen molar-refractivity contribution in [1.82, 2.24) is 14.8 Å². The molecule has 0 radical (unpaired) electrons. The normalized spacial score (nSPS) is 18.0. The molecule has 2 heterocycles. The number of carbonyl (C=O) groups is 1. The van der Waals surface area contributed by atoms with Gasteiger partial charge in [-0.3, -0.25) is 9.69 Å². The van der Waals surface area contributed by atoms with Gasteiger partial charge in [0.1, 0.15) is 10.6 Å². The van der Waals surface area contributed by atoms with E-state index in [1.807, 2.05) is 10.3 Å². The van der Waals surface area contributed by atoms with Crippen LogP contribution in [-0.2, 0) is 16.9 Å². The summed E-state index contributed by atoms with van der Waals surface area (Å²) in [5.41, 5.74) is -0.113. The van der Waals surface area contributed by atoms with E-state index in [1.54, 1.807) is 11.3 Å². The van der Waals surface area contributed by atoms with Gasteiger partial charge in [0, 0.05) is 24.9 Å². The maximum absolute atomic E-state index is 12.4. The number of piperidine rings is 1. The summed E-state index contributed by atoms with van der Waals surface area (Å²) < 4.78 is 0. The van der Waals surface area contributed by atoms with Gasteiger partial charge in [0.15, 0.2) is 0 Å². The number of hydrogen-bond donors (Lipinski definition) is 1. The standard InChI is InChI=1S/C19H33N3O2S/c1-6-21(7-2)13-16-20-15(14-25-16)19(24)8-10-22(11-9-19)17(23)12-18(3,4)5/h14,24H,6-13H2,1-5H3. The molecule has 1 N–H and O–H groups in total. The molecule has 142 valence electrons. The molecule has 0 unspecified atom stereocenters. The van der Waals surface area contributed by atoms with Crippen molar-refractivity contribution >= 4 is 17.2 Å². The fraction of sp³-hybridized carbons (Fsp3) is 0.789. The van der Waals surface area contributed by atoms with Crippen molar-refractivity contribution in [3.05, 3.63) is 16.1 Å². The first-order chi connectivity index (χ1) is 11.7. The van der Waals surface area contributed by atoms with E-state index in [4.69, 9.17) is 4.98 Å². The Morgan fingerprint density at radius 1 is 1.32 bits per heavy atom. The van der Waals surface area contributed by atoms with Crippen LogP contribution in [0.25, 0.3) is 0 Å². The number of nitrogens with zero attached hydrogens (tertiary/aromatic N) is 3. The number of thiazole rings is 1. The zero-order chi connectivity index (χ0) is 18.7. The van der Waals surface area contributed by atoms with Crippen LogP contribution in [0.3, 0.4) is 0 Å². The maximum Gasteiger partial charge on any atom is 0.223 e. The summed E-state index contributed by atoms with van der Waals surface area (Å²) in [5.74, 6) is 0.190. The van der Waals surface area contributed by atoms with E-state index in [0.717, 1.165) is 30.3 Å². The molecule has 1 aromatic rings. The van der Waals surface area contributed by atoms with E-state index in [1.165, 1.54) is 0 Å². The zero-order valence-electron chi connectivity index (χ0n) is 16.3. The molecule has 5 nitrogen and oxygen atoms in total. The minimum absolute atomic E-state index is 0.000915. The first-order valence-corrected chi connectivity index (χ1v) is 10.2. The molecule has 0 bridgehead atoms. The molecule has 1 saturated heterocycles. The van der Waals surface area contributed by atoms with Gasteiger partial charge in [-0.15, -0.1) is 11.3 Å². The van der Waals surface area contributed by atoms with Crippen LogP contribution in [0.15, 0.2) is 5.38 Å². The molecule has 1 aliphatic heterocycles. The Labute approximate surface area is 156 Å². The van der Waals surface area contributed by atoms with Gasteiger partial charge in [-0.1, -0.05) is 34.6 Å². The van der Waals surface area contributed by atoms with Crippen molar-refractivity contribution in [2.75, 3.05) is 26.2 Å². The van der Waals surface area contributed by atoms with Gasteiger partial charge in [0.2, 0.25) is 5.91 Å². The highest BCUT2D eigenvalue weighted by Crippen LogP contribution is 2.34. The Kier molecular flexibility index (Phi) is 6.62. The average Bonchev–Trinajstić information content (AvgIpc) is 3.01. The van der Waals surface area contributed by atoms with Gasteiger partial charge in [0.25, 0.3) is 0 Å². The molecule has 1 fully saturated rings. The molecule has 1 amide bonds. The van der Waals surface area contributed by atoms with Gasteiger partial charge < -0.3 is 10.0 Å². The highest BCUT2D eigenvalue weighted by molar-refractivity contribution is 7.09. The first-order valence-electron chi connectivity index (χ1n) is 9.34. The smallest absolute Gasteiger partial charge is 0.223 e. The fourth-order valence-electron chi connectivity index (χ4n) is 3.18. The lowest BCUT2D eigenvalue weighted by Crippen LogP contribution is -2.46. The number of rotatable bonds is 6. The summed E-state index contributed by atoms with van der Waals surface area (Å²) in [5, 5.41) is 14.1. The molecule has 1 aliphatic rings. The van der Waals surface area contributed by atoms with E-state index in [9.17, 15) is 9.90 Å². The van der Waals surface area contributed by atoms with Crippen LogP contribution >= 0.6 is 11.3 Å². The van der Waals surface area contributed by atoms with Gasteiger partial charge in [-0.2, -0.15) is 0 Å². The van der Waals surface area contributed by atoms with E-state index < -0.39 is 5.60 Å². The van der Waals surface area contributed by atoms with Crippen molar-refractivity contribution in [3.8, 4) is 0 Å². The van der Waals surface area contributed by atoms with Crippen molar-refractivity contribution in [1.29, 1.82) is 0 Å². The third-order valence-corrected chi connectivity index (χ3v) is 5.74. The van der Waals surface area contributed by atoms with E-state index in [0.29, 0.717) is 32.4 Å². The molecule has 2 rings (SSSR count). The van der Waals surface area contributed by atoms with Crippen LogP contribution in [0.1, 0.15) is 64.6 Å². The van der Waals surface area contributed by atoms with Crippen molar-refractivity contribution < 1.29 is 9.90 Å². The van der Waals surface area contributed by atoms with Gasteiger partial charge >= 0.3 is 0 Å². The van der Waals surface area contributed by atoms with Crippen LogP contribution in [0.5, 0.6) is 0 Å². The van der Waals surface area contributed by atoms with Crippen molar-refractivity contribution in [2.24, 2.45) is 5.41 Å². The largest absolute Gasteiger partial charge is 0.383 e. The lowest BCUT2D eigenvalue weighted by Gasteiger charge is -2.38. The molecular formula is C19H33N3O2S. The summed E-state index contributed by atoms with van der Waals surface area (Å²) in [4.78, 5) is 21.3. The monoisotopic (exact) mass is 367 g/mol. The second-order valence-corrected chi connectivity index (χ2v) is 9.18. The highest BCUT2D eigenvalue weighted by Gasteiger charge is 2.37. The first kappa shape index (κ1) is 20.3. The summed E-state index contributed by atoms with van der Waals surface area (Å²) >= 11 is 1.62. The minimum atomic E-state index is -0.892. The van der Waals surface area contributed by atoms with Crippen LogP contribution in [0.2, 0.25) is 0 Å². The predicted molar refractivity (Wildman–Crippen MR) is 103 cm³/mol. The molecule has 0 aliphatic carbocycles. The Bertz CT molecular complexity index is 567. The maximum atomic E-state index is 12.4. The lowest BCUT2D eigenvalue weighted by atomic mass is 9.87. The minimum Gasteiger partial charge on any atom is -0.383 e. The van der Waals surface area contributed by atoms with E-state index in [2.05, 4.69) is 39.5 Å². The summed E-state index contributed by atoms with van der Waals surface area (Å²) in [7, 11) is 0. The Hall–Kier alpha value is -0.980. The van der Waals surface area contributed by atoms with E-state index in [-0.39, 0.29) is 11.3 Å². The van der Waals surface area contributed by atoms with Crippen LogP contribution < -0.4 is 0 Å². The number of carbonyl (C=O) groups excluding carboxylic acids is 1. The molecule has 0 atom stereocenters. The number of likely N-dealkylation sites (tertiary alicyclic amines) is 1. The third-order valence-electron chi connectivity index (χ3n) is 4.91. The summed E-state index contributed by atoms with van der Waals surface area (Å²) in [6.07, 6.45) is 1.69. The van der Waals surface area contributed by atoms with Crippen LogP contribution in [0, 0.1) is 5.41 Å². The molecular weight excluding hydrogens is 334 g/mol. The molecule has 25 heavy (non-hydrogen) atoms. The highest BCUT2D eigenvalue weighted by atomic mass is 32.1. The molecule has 0 aromatic carbocycles. The number of aromatic nitrogens is 1. The molecule has 1 aromatic heterocycles. The van der Waals surface area contributed by atoms with Crippen molar-refractivity contribution in [3.63, 3.8) is 0 Å². The number of aliphatic hydroxyl groups is 1. The summed E-state index contributed by atoms with van der Waals surface area (Å²) in [6.45, 7) is 14.6. The van der Waals surface area contributed by atoms with Crippen molar-refractivity contribution in [2.45, 2.75) is 66.0 Å². The Morgan fingerprint density at radius 3 is 2.44 bits per heavy atom. The van der Waals surface area contributed by atoms with Gasteiger partial charge in [-0.05, 0) is 31.3 Å². The fourth-order valence-corrected chi connectivity index (χ4v) is 4.11. The number of hydrogen-bond acceptors (Lipinski definition) is 5. The topological polar surface area (TPSA) is 56.7 Å².